The highest BCUT2D eigenvalue weighted by Crippen LogP contribution is 2.27. The van der Waals surface area contributed by atoms with E-state index in [9.17, 15) is 19.7 Å². The molecule has 3 rings (SSSR count). The molecule has 0 aliphatic rings. The van der Waals surface area contributed by atoms with E-state index in [2.05, 4.69) is 36.8 Å². The van der Waals surface area contributed by atoms with Crippen LogP contribution in [0.1, 0.15) is 16.2 Å². The maximum Gasteiger partial charge on any atom is 0.404 e. The first-order valence-corrected chi connectivity index (χ1v) is 9.12. The highest BCUT2D eigenvalue weighted by atomic mass is 79.9. The van der Waals surface area contributed by atoms with Gasteiger partial charge in [0.05, 0.1) is 10.8 Å². The number of carbonyl (C=O) groups excluding carboxylic acids is 2. The molecule has 2 amide bonds. The van der Waals surface area contributed by atoms with Gasteiger partial charge in [-0.05, 0) is 52.0 Å². The summed E-state index contributed by atoms with van der Waals surface area (Å²) in [5, 5.41) is 24.2. The van der Waals surface area contributed by atoms with E-state index < -0.39 is 10.8 Å². The number of hydrogen-bond acceptors (Lipinski definition) is 6. The van der Waals surface area contributed by atoms with Gasteiger partial charge in [0, 0.05) is 24.6 Å². The molecule has 0 atom stereocenters. The van der Waals surface area contributed by atoms with E-state index in [0.29, 0.717) is 17.1 Å². The van der Waals surface area contributed by atoms with Gasteiger partial charge in [0.2, 0.25) is 5.91 Å². The number of hydrogen-bond donors (Lipinski definition) is 2. The summed E-state index contributed by atoms with van der Waals surface area (Å²) >= 11 is 3.11. The summed E-state index contributed by atoms with van der Waals surface area (Å²) in [6.07, 6.45) is 1.66. The Morgan fingerprint density at radius 1 is 1.21 bits per heavy atom. The monoisotopic (exact) mass is 461 g/mol. The standard InChI is InChI=1S/C17H16BrN7O4/c1-10-15(18)16(25(28)29)22-24(10)9-14(26)19-11-4-3-5-12(8-11)20-17(27)13-6-7-23(2)21-13/h3-8H,9H2,1-2H3,(H,19,26)(H,20,27). The molecule has 12 heteroatoms. The average molecular weight is 462 g/mol. The van der Waals surface area contributed by atoms with Crippen molar-refractivity contribution in [3.05, 3.63) is 62.5 Å². The molecular formula is C17H16BrN7O4. The minimum atomic E-state index is -0.626. The minimum Gasteiger partial charge on any atom is -0.358 e. The summed E-state index contributed by atoms with van der Waals surface area (Å²) < 4.78 is 2.99. The average Bonchev–Trinajstić information content (AvgIpc) is 3.21. The predicted octanol–water partition coefficient (Wildman–Crippen LogP) is 2.49. The second-order valence-corrected chi connectivity index (χ2v) is 6.89. The molecule has 0 radical (unpaired) electrons. The molecule has 0 aliphatic carbocycles. The van der Waals surface area contributed by atoms with Crippen LogP contribution in [0.3, 0.4) is 0 Å². The summed E-state index contributed by atoms with van der Waals surface area (Å²) in [6.45, 7) is 1.41. The van der Waals surface area contributed by atoms with Crippen molar-refractivity contribution in [1.29, 1.82) is 0 Å². The fourth-order valence-corrected chi connectivity index (χ4v) is 2.95. The first-order valence-electron chi connectivity index (χ1n) is 8.33. The molecule has 2 aromatic heterocycles. The summed E-state index contributed by atoms with van der Waals surface area (Å²) in [7, 11) is 1.71. The van der Waals surface area contributed by atoms with Gasteiger partial charge in [-0.15, -0.1) is 0 Å². The largest absolute Gasteiger partial charge is 0.404 e. The third kappa shape index (κ3) is 4.66. The number of rotatable bonds is 6. The van der Waals surface area contributed by atoms with Crippen molar-refractivity contribution >= 4 is 44.9 Å². The minimum absolute atomic E-state index is 0.206. The van der Waals surface area contributed by atoms with E-state index >= 15 is 0 Å². The van der Waals surface area contributed by atoms with Crippen LogP contribution in [-0.4, -0.2) is 36.3 Å². The van der Waals surface area contributed by atoms with Crippen LogP contribution in [0.5, 0.6) is 0 Å². The van der Waals surface area contributed by atoms with Gasteiger partial charge < -0.3 is 20.7 Å². The van der Waals surface area contributed by atoms with Gasteiger partial charge in [0.25, 0.3) is 5.91 Å². The number of nitro groups is 1. The van der Waals surface area contributed by atoms with Crippen LogP contribution in [0.25, 0.3) is 0 Å². The van der Waals surface area contributed by atoms with Crippen molar-refractivity contribution in [2.45, 2.75) is 13.5 Å². The van der Waals surface area contributed by atoms with Crippen molar-refractivity contribution in [1.82, 2.24) is 19.6 Å². The van der Waals surface area contributed by atoms with Crippen LogP contribution in [0, 0.1) is 17.0 Å². The van der Waals surface area contributed by atoms with Crippen LogP contribution in [0.4, 0.5) is 17.2 Å². The smallest absolute Gasteiger partial charge is 0.358 e. The van der Waals surface area contributed by atoms with Gasteiger partial charge in [-0.25, -0.2) is 0 Å². The Balaban J connectivity index is 1.67. The van der Waals surface area contributed by atoms with Gasteiger partial charge in [-0.3, -0.25) is 14.3 Å². The highest BCUT2D eigenvalue weighted by Gasteiger charge is 2.24. The van der Waals surface area contributed by atoms with Crippen LogP contribution in [-0.2, 0) is 18.4 Å². The van der Waals surface area contributed by atoms with E-state index in [1.807, 2.05) is 0 Å². The number of aryl methyl sites for hydroxylation is 1. The molecule has 0 fully saturated rings. The maximum absolute atomic E-state index is 12.3. The Morgan fingerprint density at radius 3 is 2.48 bits per heavy atom. The topological polar surface area (TPSA) is 137 Å². The molecule has 0 spiro atoms. The molecular weight excluding hydrogens is 446 g/mol. The second-order valence-electron chi connectivity index (χ2n) is 6.10. The molecule has 29 heavy (non-hydrogen) atoms. The molecule has 0 unspecified atom stereocenters. The number of amides is 2. The summed E-state index contributed by atoms with van der Waals surface area (Å²) in [5.74, 6) is -1.15. The predicted molar refractivity (Wildman–Crippen MR) is 108 cm³/mol. The normalized spacial score (nSPS) is 10.6. The molecule has 0 saturated heterocycles. The Kier molecular flexibility index (Phi) is 5.73. The molecule has 1 aromatic carbocycles. The molecule has 11 nitrogen and oxygen atoms in total. The first-order chi connectivity index (χ1) is 13.7. The summed E-state index contributed by atoms with van der Waals surface area (Å²) in [5.41, 5.74) is 1.66. The first kappa shape index (κ1) is 20.2. The zero-order valence-electron chi connectivity index (χ0n) is 15.4. The van der Waals surface area contributed by atoms with Crippen molar-refractivity contribution in [2.75, 3.05) is 10.6 Å². The quantitative estimate of drug-likeness (QED) is 0.427. The number of nitrogens with zero attached hydrogens (tertiary/aromatic N) is 5. The van der Waals surface area contributed by atoms with Crippen LogP contribution in [0.15, 0.2) is 41.0 Å². The van der Waals surface area contributed by atoms with E-state index in [0.717, 1.165) is 0 Å². The van der Waals surface area contributed by atoms with Gasteiger partial charge >= 0.3 is 5.82 Å². The van der Waals surface area contributed by atoms with Crippen molar-refractivity contribution in [3.63, 3.8) is 0 Å². The molecule has 0 aliphatic heterocycles. The van der Waals surface area contributed by atoms with E-state index in [1.165, 1.54) is 9.36 Å². The third-order valence-corrected chi connectivity index (χ3v) is 4.86. The lowest BCUT2D eigenvalue weighted by molar-refractivity contribution is -0.390. The number of nitrogens with one attached hydrogen (secondary N) is 2. The van der Waals surface area contributed by atoms with Crippen molar-refractivity contribution in [2.24, 2.45) is 7.05 Å². The number of anilines is 2. The Morgan fingerprint density at radius 2 is 1.90 bits per heavy atom. The highest BCUT2D eigenvalue weighted by molar-refractivity contribution is 9.10. The van der Waals surface area contributed by atoms with Crippen molar-refractivity contribution in [3.8, 4) is 0 Å². The van der Waals surface area contributed by atoms with Crippen LogP contribution >= 0.6 is 15.9 Å². The summed E-state index contributed by atoms with van der Waals surface area (Å²) in [6, 6.07) is 8.18. The number of carbonyl (C=O) groups is 2. The van der Waals surface area contributed by atoms with Crippen LogP contribution < -0.4 is 10.6 Å². The maximum atomic E-state index is 12.3. The zero-order valence-corrected chi connectivity index (χ0v) is 17.0. The fourth-order valence-electron chi connectivity index (χ4n) is 2.52. The number of halogens is 1. The van der Waals surface area contributed by atoms with E-state index in [-0.39, 0.29) is 28.4 Å². The Bertz CT molecular complexity index is 1110. The van der Waals surface area contributed by atoms with Gasteiger partial charge in [-0.1, -0.05) is 6.07 Å². The molecule has 3 aromatic rings. The SMILES string of the molecule is Cc1c(Br)c([N+](=O)[O-])nn1CC(=O)Nc1cccc(NC(=O)c2ccn(C)n2)c1. The Labute approximate surface area is 173 Å². The van der Waals surface area contributed by atoms with E-state index in [1.54, 1.807) is 50.5 Å². The zero-order chi connectivity index (χ0) is 21.1. The fraction of sp³-hybridized carbons (Fsp3) is 0.176. The molecule has 0 bridgehead atoms. The molecule has 150 valence electrons. The second kappa shape index (κ2) is 8.22. The van der Waals surface area contributed by atoms with Crippen molar-refractivity contribution < 1.29 is 14.5 Å². The van der Waals surface area contributed by atoms with Gasteiger partial charge in [-0.2, -0.15) is 9.78 Å². The number of aromatic nitrogens is 4. The van der Waals surface area contributed by atoms with E-state index in [4.69, 9.17) is 0 Å². The van der Waals surface area contributed by atoms with Gasteiger partial charge in [0.1, 0.15) is 11.0 Å². The Hall–Kier alpha value is -3.54. The lowest BCUT2D eigenvalue weighted by Gasteiger charge is -2.08. The lowest BCUT2D eigenvalue weighted by Crippen LogP contribution is -2.20. The molecule has 0 saturated carbocycles. The molecule has 2 N–H and O–H groups in total. The molecule has 2 heterocycles. The number of benzene rings is 1. The van der Waals surface area contributed by atoms with Crippen LogP contribution in [0.2, 0.25) is 0 Å². The lowest BCUT2D eigenvalue weighted by atomic mass is 10.2. The third-order valence-electron chi connectivity index (χ3n) is 3.93. The van der Waals surface area contributed by atoms with Gasteiger partial charge in [0.15, 0.2) is 5.69 Å². The summed E-state index contributed by atoms with van der Waals surface area (Å²) in [4.78, 5) is 34.8.